The maximum absolute atomic E-state index is 14.2. The topological polar surface area (TPSA) is 105 Å². The first-order valence-electron chi connectivity index (χ1n) is 14.3. The molecule has 1 saturated carbocycles. The zero-order valence-corrected chi connectivity index (χ0v) is 26.2. The second-order valence-corrected chi connectivity index (χ2v) is 12.8. The fourth-order valence-corrected chi connectivity index (χ4v) is 6.81. The van der Waals surface area contributed by atoms with Crippen molar-refractivity contribution in [1.29, 1.82) is 0 Å². The highest BCUT2D eigenvalue weighted by Crippen LogP contribution is 2.34. The quantitative estimate of drug-likeness (QED) is 0.288. The molecule has 0 aromatic heterocycles. The van der Waals surface area contributed by atoms with E-state index < -0.39 is 28.5 Å². The molecule has 1 unspecified atom stereocenters. The summed E-state index contributed by atoms with van der Waals surface area (Å²) in [6.07, 6.45) is 5.00. The summed E-state index contributed by atoms with van der Waals surface area (Å²) in [6, 6.07) is 18.7. The summed E-state index contributed by atoms with van der Waals surface area (Å²) < 4.78 is 39.8. The monoisotopic (exact) mass is 627 g/mol. The molecule has 1 aliphatic carbocycles. The van der Waals surface area contributed by atoms with Gasteiger partial charge < -0.3 is 19.7 Å². The second-order valence-electron chi connectivity index (χ2n) is 10.5. The Balaban J connectivity index is 1.72. The van der Waals surface area contributed by atoms with E-state index in [0.717, 1.165) is 36.4 Å². The van der Waals surface area contributed by atoms with E-state index in [1.807, 2.05) is 0 Å². The van der Waals surface area contributed by atoms with Crippen LogP contribution in [0.3, 0.4) is 0 Å². The predicted octanol–water partition coefficient (Wildman–Crippen LogP) is 5.42. The zero-order valence-electron chi connectivity index (χ0n) is 24.7. The molecule has 1 fully saturated rings. The molecule has 9 nitrogen and oxygen atoms in total. The Morgan fingerprint density at radius 3 is 2.23 bits per heavy atom. The highest BCUT2D eigenvalue weighted by molar-refractivity contribution is 7.92. The van der Waals surface area contributed by atoms with Gasteiger partial charge in [0.05, 0.1) is 24.8 Å². The number of ether oxygens (including phenoxy) is 2. The summed E-state index contributed by atoms with van der Waals surface area (Å²) in [5, 5.41) is 3.53. The number of hydrogen-bond donors (Lipinski definition) is 1. The fourth-order valence-electron chi connectivity index (χ4n) is 5.19. The Labute approximate surface area is 258 Å². The minimum atomic E-state index is -4.21. The average Bonchev–Trinajstić information content (AvgIpc) is 3.03. The molecule has 3 aromatic carbocycles. The van der Waals surface area contributed by atoms with Crippen LogP contribution in [0.2, 0.25) is 5.02 Å². The lowest BCUT2D eigenvalue weighted by atomic mass is 9.95. The molecule has 3 aromatic rings. The number of amides is 2. The second kappa shape index (κ2) is 14.6. The van der Waals surface area contributed by atoms with Crippen molar-refractivity contribution in [1.82, 2.24) is 10.2 Å². The highest BCUT2D eigenvalue weighted by Gasteiger charge is 2.33. The SMILES string of the molecule is COc1ccc(N(CC(=O)N(Cc2ccccc2Cl)C(C)C(=O)NC2CCCCC2)S(=O)(=O)c2ccccc2)cc1OC. The van der Waals surface area contributed by atoms with Crippen LogP contribution in [0.4, 0.5) is 5.69 Å². The predicted molar refractivity (Wildman–Crippen MR) is 167 cm³/mol. The van der Waals surface area contributed by atoms with Crippen LogP contribution in [0.15, 0.2) is 77.7 Å². The first-order valence-corrected chi connectivity index (χ1v) is 16.1. The van der Waals surface area contributed by atoms with E-state index in [1.54, 1.807) is 61.5 Å². The third-order valence-corrected chi connectivity index (χ3v) is 9.84. The molecule has 0 heterocycles. The first kappa shape index (κ1) is 32.2. The lowest BCUT2D eigenvalue weighted by Gasteiger charge is -2.33. The van der Waals surface area contributed by atoms with E-state index in [-0.39, 0.29) is 29.1 Å². The summed E-state index contributed by atoms with van der Waals surface area (Å²) in [5.74, 6) is -0.159. The van der Waals surface area contributed by atoms with Gasteiger partial charge in [-0.2, -0.15) is 0 Å². The maximum Gasteiger partial charge on any atom is 0.264 e. The van der Waals surface area contributed by atoms with E-state index in [0.29, 0.717) is 22.1 Å². The number of carbonyl (C=O) groups is 2. The fraction of sp³-hybridized carbons (Fsp3) is 0.375. The third-order valence-electron chi connectivity index (χ3n) is 7.68. The number of nitrogens with one attached hydrogen (secondary N) is 1. The van der Waals surface area contributed by atoms with Gasteiger partial charge in [0, 0.05) is 23.7 Å². The molecule has 0 radical (unpaired) electrons. The molecule has 0 aliphatic heterocycles. The van der Waals surface area contributed by atoms with Gasteiger partial charge in [0.1, 0.15) is 12.6 Å². The largest absolute Gasteiger partial charge is 0.493 e. The van der Waals surface area contributed by atoms with E-state index in [4.69, 9.17) is 21.1 Å². The molecule has 0 saturated heterocycles. The summed E-state index contributed by atoms with van der Waals surface area (Å²) in [5.41, 5.74) is 0.838. The van der Waals surface area contributed by atoms with Gasteiger partial charge in [-0.05, 0) is 55.7 Å². The summed E-state index contributed by atoms with van der Waals surface area (Å²) in [4.78, 5) is 29.0. The van der Waals surface area contributed by atoms with E-state index in [1.165, 1.54) is 37.3 Å². The van der Waals surface area contributed by atoms with Gasteiger partial charge in [-0.15, -0.1) is 0 Å². The number of sulfonamides is 1. The third kappa shape index (κ3) is 7.80. The van der Waals surface area contributed by atoms with Gasteiger partial charge in [0.15, 0.2) is 11.5 Å². The molecule has 2 amide bonds. The van der Waals surface area contributed by atoms with Gasteiger partial charge in [-0.25, -0.2) is 8.42 Å². The van der Waals surface area contributed by atoms with Gasteiger partial charge in [-0.1, -0.05) is 67.3 Å². The summed E-state index contributed by atoms with van der Waals surface area (Å²) in [7, 11) is -1.29. The Hall–Kier alpha value is -3.76. The molecule has 230 valence electrons. The van der Waals surface area contributed by atoms with Crippen molar-refractivity contribution in [3.05, 3.63) is 83.4 Å². The molecule has 1 N–H and O–H groups in total. The Morgan fingerprint density at radius 1 is 0.930 bits per heavy atom. The zero-order chi connectivity index (χ0) is 31.0. The number of methoxy groups -OCH3 is 2. The number of carbonyl (C=O) groups excluding carboxylic acids is 2. The van der Waals surface area contributed by atoms with Crippen LogP contribution in [0, 0.1) is 0 Å². The number of anilines is 1. The van der Waals surface area contributed by atoms with Crippen molar-refractivity contribution in [3.63, 3.8) is 0 Å². The van der Waals surface area contributed by atoms with Crippen LogP contribution >= 0.6 is 11.6 Å². The van der Waals surface area contributed by atoms with E-state index in [9.17, 15) is 18.0 Å². The average molecular weight is 628 g/mol. The molecule has 1 atom stereocenters. The molecule has 1 aliphatic rings. The number of nitrogens with zero attached hydrogens (tertiary/aromatic N) is 2. The lowest BCUT2D eigenvalue weighted by molar-refractivity contribution is -0.139. The van der Waals surface area contributed by atoms with Crippen molar-refractivity contribution in [3.8, 4) is 11.5 Å². The Morgan fingerprint density at radius 2 is 1.58 bits per heavy atom. The lowest BCUT2D eigenvalue weighted by Crippen LogP contribution is -2.53. The minimum Gasteiger partial charge on any atom is -0.493 e. The number of rotatable bonds is 12. The van der Waals surface area contributed by atoms with Crippen LogP contribution < -0.4 is 19.1 Å². The summed E-state index contributed by atoms with van der Waals surface area (Å²) in [6.45, 7) is 1.10. The van der Waals surface area contributed by atoms with Gasteiger partial charge in [-0.3, -0.25) is 13.9 Å². The molecule has 11 heteroatoms. The van der Waals surface area contributed by atoms with Crippen molar-refractivity contribution in [2.75, 3.05) is 25.1 Å². The van der Waals surface area contributed by atoms with Crippen LogP contribution in [-0.2, 0) is 26.2 Å². The van der Waals surface area contributed by atoms with Crippen molar-refractivity contribution < 1.29 is 27.5 Å². The van der Waals surface area contributed by atoms with Gasteiger partial charge in [0.2, 0.25) is 11.8 Å². The van der Waals surface area contributed by atoms with Crippen LogP contribution in [-0.4, -0.2) is 58.0 Å². The highest BCUT2D eigenvalue weighted by atomic mass is 35.5. The molecule has 0 spiro atoms. The maximum atomic E-state index is 14.2. The smallest absolute Gasteiger partial charge is 0.264 e. The first-order chi connectivity index (χ1) is 20.6. The van der Waals surface area contributed by atoms with Crippen LogP contribution in [0.1, 0.15) is 44.6 Å². The molecular weight excluding hydrogens is 590 g/mol. The molecule has 43 heavy (non-hydrogen) atoms. The Kier molecular flexibility index (Phi) is 10.9. The normalized spacial score (nSPS) is 14.4. The standard InChI is InChI=1S/C32H38ClN3O6S/c1-23(32(38)34-25-13-6-4-7-14-25)35(21-24-12-10-11-17-28(24)33)31(37)22-36(43(39,40)27-15-8-5-9-16-27)26-18-19-29(41-2)30(20-26)42-3/h5,8-12,15-20,23,25H,4,6-7,13-14,21-22H2,1-3H3,(H,34,38). The van der Waals surface area contributed by atoms with Crippen molar-refractivity contribution >= 4 is 39.1 Å². The van der Waals surface area contributed by atoms with Crippen molar-refractivity contribution in [2.24, 2.45) is 0 Å². The van der Waals surface area contributed by atoms with Gasteiger partial charge in [0.25, 0.3) is 10.0 Å². The van der Waals surface area contributed by atoms with Crippen LogP contribution in [0.25, 0.3) is 0 Å². The Bertz CT molecular complexity index is 1510. The molecule has 0 bridgehead atoms. The van der Waals surface area contributed by atoms with Gasteiger partial charge >= 0.3 is 0 Å². The van der Waals surface area contributed by atoms with E-state index in [2.05, 4.69) is 5.32 Å². The number of halogens is 1. The number of hydrogen-bond acceptors (Lipinski definition) is 6. The minimum absolute atomic E-state index is 0.0123. The van der Waals surface area contributed by atoms with Crippen LogP contribution in [0.5, 0.6) is 11.5 Å². The summed E-state index contributed by atoms with van der Waals surface area (Å²) >= 11 is 6.46. The van der Waals surface area contributed by atoms with Crippen molar-refractivity contribution in [2.45, 2.75) is 62.6 Å². The number of benzene rings is 3. The molecule has 4 rings (SSSR count). The molecular formula is C32H38ClN3O6S. The van der Waals surface area contributed by atoms with E-state index >= 15 is 0 Å².